The SMILES string of the molecule is CSC(N1CCOCC1)P(=O)(c1ccccc1)c1ccccc1. The van der Waals surface area contributed by atoms with Gasteiger partial charge in [0.15, 0.2) is 7.14 Å². The van der Waals surface area contributed by atoms with Crippen LogP contribution >= 0.6 is 18.9 Å². The van der Waals surface area contributed by atoms with E-state index in [-0.39, 0.29) is 5.11 Å². The van der Waals surface area contributed by atoms with Gasteiger partial charge in [-0.3, -0.25) is 4.90 Å². The van der Waals surface area contributed by atoms with Gasteiger partial charge in [0, 0.05) is 23.7 Å². The maximum absolute atomic E-state index is 14.3. The monoisotopic (exact) mass is 347 g/mol. The van der Waals surface area contributed by atoms with Gasteiger partial charge >= 0.3 is 0 Å². The normalized spacial score (nSPS) is 17.8. The Bertz CT molecular complexity index is 616. The van der Waals surface area contributed by atoms with Crippen LogP contribution in [0.25, 0.3) is 0 Å². The molecule has 0 aromatic heterocycles. The lowest BCUT2D eigenvalue weighted by atomic mass is 10.4. The molecule has 0 bridgehead atoms. The summed E-state index contributed by atoms with van der Waals surface area (Å²) in [5.74, 6) is 0. The van der Waals surface area contributed by atoms with Crippen LogP contribution in [-0.4, -0.2) is 42.6 Å². The van der Waals surface area contributed by atoms with Gasteiger partial charge in [-0.15, -0.1) is 11.8 Å². The Balaban J connectivity index is 2.09. The summed E-state index contributed by atoms with van der Waals surface area (Å²) in [6, 6.07) is 19.8. The average molecular weight is 347 g/mol. The predicted molar refractivity (Wildman–Crippen MR) is 99.5 cm³/mol. The van der Waals surface area contributed by atoms with E-state index < -0.39 is 7.14 Å². The lowest BCUT2D eigenvalue weighted by molar-refractivity contribution is 0.0424. The molecule has 23 heavy (non-hydrogen) atoms. The number of thioether (sulfide) groups is 1. The molecule has 1 heterocycles. The Morgan fingerprint density at radius 3 is 1.87 bits per heavy atom. The molecule has 3 rings (SSSR count). The van der Waals surface area contributed by atoms with E-state index in [9.17, 15) is 4.57 Å². The van der Waals surface area contributed by atoms with Crippen molar-refractivity contribution >= 4 is 29.5 Å². The fourth-order valence-corrected chi connectivity index (χ4v) is 8.18. The summed E-state index contributed by atoms with van der Waals surface area (Å²) < 4.78 is 19.8. The van der Waals surface area contributed by atoms with Crippen molar-refractivity contribution in [3.05, 3.63) is 60.7 Å². The number of morpholine rings is 1. The van der Waals surface area contributed by atoms with Crippen molar-refractivity contribution < 1.29 is 9.30 Å². The molecular weight excluding hydrogens is 325 g/mol. The molecule has 0 saturated carbocycles. The molecule has 1 saturated heterocycles. The van der Waals surface area contributed by atoms with E-state index in [0.717, 1.165) is 23.7 Å². The van der Waals surface area contributed by atoms with Crippen molar-refractivity contribution in [1.29, 1.82) is 0 Å². The van der Waals surface area contributed by atoms with Gasteiger partial charge in [-0.1, -0.05) is 60.7 Å². The van der Waals surface area contributed by atoms with E-state index in [0.29, 0.717) is 13.2 Å². The number of ether oxygens (including phenoxy) is 1. The highest BCUT2D eigenvalue weighted by Gasteiger charge is 2.40. The zero-order chi connectivity index (χ0) is 16.1. The molecular formula is C18H22NO2PS. The number of nitrogens with zero attached hydrogens (tertiary/aromatic N) is 1. The molecule has 2 aromatic carbocycles. The molecule has 1 aliphatic rings. The molecule has 1 unspecified atom stereocenters. The first kappa shape index (κ1) is 16.8. The molecule has 0 radical (unpaired) electrons. The van der Waals surface area contributed by atoms with Crippen molar-refractivity contribution in [3.8, 4) is 0 Å². The smallest absolute Gasteiger partial charge is 0.169 e. The van der Waals surface area contributed by atoms with Crippen LogP contribution in [0.15, 0.2) is 60.7 Å². The van der Waals surface area contributed by atoms with E-state index in [4.69, 9.17) is 4.74 Å². The van der Waals surface area contributed by atoms with Crippen molar-refractivity contribution in [3.63, 3.8) is 0 Å². The Kier molecular flexibility index (Phi) is 5.60. The highest BCUT2D eigenvalue weighted by atomic mass is 32.2. The first-order chi connectivity index (χ1) is 11.3. The summed E-state index contributed by atoms with van der Waals surface area (Å²) in [6.07, 6.45) is 2.05. The number of rotatable bonds is 5. The predicted octanol–water partition coefficient (Wildman–Crippen LogP) is 2.98. The van der Waals surface area contributed by atoms with Gasteiger partial charge in [-0.05, 0) is 6.26 Å². The summed E-state index contributed by atoms with van der Waals surface area (Å²) in [4.78, 5) is 2.31. The summed E-state index contributed by atoms with van der Waals surface area (Å²) in [6.45, 7) is 3.08. The number of hydrogen-bond donors (Lipinski definition) is 0. The van der Waals surface area contributed by atoms with Crippen molar-refractivity contribution in [2.45, 2.75) is 5.11 Å². The van der Waals surface area contributed by atoms with Gasteiger partial charge < -0.3 is 9.30 Å². The lowest BCUT2D eigenvalue weighted by Gasteiger charge is -2.38. The quantitative estimate of drug-likeness (QED) is 0.778. The number of hydrogen-bond acceptors (Lipinski definition) is 4. The fourth-order valence-electron chi connectivity index (χ4n) is 3.03. The number of benzene rings is 2. The molecule has 2 aromatic rings. The van der Waals surface area contributed by atoms with E-state index in [2.05, 4.69) is 11.2 Å². The van der Waals surface area contributed by atoms with Crippen LogP contribution in [0.5, 0.6) is 0 Å². The third-order valence-corrected chi connectivity index (χ3v) is 9.48. The van der Waals surface area contributed by atoms with Gasteiger partial charge in [0.05, 0.1) is 13.2 Å². The third-order valence-electron chi connectivity index (χ3n) is 4.16. The summed E-state index contributed by atoms with van der Waals surface area (Å²) >= 11 is 1.68. The minimum absolute atomic E-state index is 0.0591. The van der Waals surface area contributed by atoms with Crippen LogP contribution in [0.3, 0.4) is 0 Å². The highest BCUT2D eigenvalue weighted by Crippen LogP contribution is 2.53. The molecule has 1 aliphatic heterocycles. The average Bonchev–Trinajstić information content (AvgIpc) is 2.64. The van der Waals surface area contributed by atoms with Gasteiger partial charge in [0.1, 0.15) is 5.11 Å². The standard InChI is InChI=1S/C18H22NO2PS/c1-23-18(19-12-14-21-15-13-19)22(20,16-8-4-2-5-9-16)17-10-6-3-7-11-17/h2-11,18H,12-15H2,1H3. The zero-order valence-electron chi connectivity index (χ0n) is 13.3. The molecule has 0 N–H and O–H groups in total. The minimum Gasteiger partial charge on any atom is -0.379 e. The van der Waals surface area contributed by atoms with Crippen LogP contribution < -0.4 is 10.6 Å². The van der Waals surface area contributed by atoms with Gasteiger partial charge in [0.25, 0.3) is 0 Å². The molecule has 122 valence electrons. The summed E-state index contributed by atoms with van der Waals surface area (Å²) in [7, 11) is -2.77. The summed E-state index contributed by atoms with van der Waals surface area (Å²) in [5.41, 5.74) is 0. The molecule has 0 spiro atoms. The molecule has 3 nitrogen and oxygen atoms in total. The largest absolute Gasteiger partial charge is 0.379 e. The van der Waals surface area contributed by atoms with Crippen molar-refractivity contribution in [2.24, 2.45) is 0 Å². The zero-order valence-corrected chi connectivity index (χ0v) is 15.0. The Morgan fingerprint density at radius 1 is 0.957 bits per heavy atom. The van der Waals surface area contributed by atoms with Crippen LogP contribution in [-0.2, 0) is 9.30 Å². The van der Waals surface area contributed by atoms with Crippen LogP contribution in [0.4, 0.5) is 0 Å². The van der Waals surface area contributed by atoms with Crippen LogP contribution in [0, 0.1) is 0 Å². The highest BCUT2D eigenvalue weighted by molar-refractivity contribution is 8.08. The second-order valence-electron chi connectivity index (χ2n) is 5.54. The van der Waals surface area contributed by atoms with Crippen molar-refractivity contribution in [1.82, 2.24) is 4.90 Å². The first-order valence-electron chi connectivity index (χ1n) is 7.82. The van der Waals surface area contributed by atoms with Crippen LogP contribution in [0.1, 0.15) is 0 Å². The molecule has 0 amide bonds. The fraction of sp³-hybridized carbons (Fsp3) is 0.333. The molecule has 1 fully saturated rings. The summed E-state index contributed by atoms with van der Waals surface area (Å²) in [5, 5.41) is 1.80. The topological polar surface area (TPSA) is 29.5 Å². The van der Waals surface area contributed by atoms with E-state index >= 15 is 0 Å². The third kappa shape index (κ3) is 3.41. The van der Waals surface area contributed by atoms with Crippen LogP contribution in [0.2, 0.25) is 0 Å². The Labute approximate surface area is 142 Å². The first-order valence-corrected chi connectivity index (χ1v) is 10.9. The second kappa shape index (κ2) is 7.67. The van der Waals surface area contributed by atoms with Gasteiger partial charge in [-0.2, -0.15) is 0 Å². The lowest BCUT2D eigenvalue weighted by Crippen LogP contribution is -2.44. The Morgan fingerprint density at radius 2 is 1.43 bits per heavy atom. The second-order valence-corrected chi connectivity index (χ2v) is 9.64. The van der Waals surface area contributed by atoms with Gasteiger partial charge in [-0.25, -0.2) is 0 Å². The molecule has 1 atom stereocenters. The minimum atomic E-state index is -2.77. The van der Waals surface area contributed by atoms with E-state index in [1.807, 2.05) is 60.7 Å². The van der Waals surface area contributed by atoms with Crippen molar-refractivity contribution in [2.75, 3.05) is 32.6 Å². The Hall–Kier alpha value is -1.06. The van der Waals surface area contributed by atoms with Gasteiger partial charge in [0.2, 0.25) is 0 Å². The van der Waals surface area contributed by atoms with E-state index in [1.165, 1.54) is 0 Å². The molecule has 0 aliphatic carbocycles. The van der Waals surface area contributed by atoms with E-state index in [1.54, 1.807) is 11.8 Å². The molecule has 5 heteroatoms. The maximum atomic E-state index is 14.3. The maximum Gasteiger partial charge on any atom is 0.169 e.